The predicted molar refractivity (Wildman–Crippen MR) is 69.3 cm³/mol. The average molecular weight is 307 g/mol. The Morgan fingerprint density at radius 3 is 2.24 bits per heavy atom. The van der Waals surface area contributed by atoms with E-state index in [1.54, 1.807) is 13.8 Å². The standard InChI is InChI=1S/C14H17F4NO2/c1-3-13(4-2,8-20)19-12(21)9-5-6-11(15)10(7-9)14(16,17)18/h5-7,20H,3-4,8H2,1-2H3,(H,19,21). The molecular formula is C14H17F4NO2. The molecule has 3 nitrogen and oxygen atoms in total. The summed E-state index contributed by atoms with van der Waals surface area (Å²) in [5, 5.41) is 11.9. The predicted octanol–water partition coefficient (Wildman–Crippen LogP) is 3.13. The molecule has 0 aliphatic heterocycles. The van der Waals surface area contributed by atoms with E-state index in [1.165, 1.54) is 0 Å². The second-order valence-electron chi connectivity index (χ2n) is 4.79. The molecule has 0 aromatic heterocycles. The maximum Gasteiger partial charge on any atom is 0.419 e. The van der Waals surface area contributed by atoms with E-state index in [1.807, 2.05) is 0 Å². The van der Waals surface area contributed by atoms with E-state index in [9.17, 15) is 27.5 Å². The highest BCUT2D eigenvalue weighted by molar-refractivity contribution is 5.94. The van der Waals surface area contributed by atoms with Crippen molar-refractivity contribution in [1.29, 1.82) is 0 Å². The molecule has 0 aliphatic rings. The molecule has 0 saturated carbocycles. The van der Waals surface area contributed by atoms with Gasteiger partial charge in [0.25, 0.3) is 5.91 Å². The van der Waals surface area contributed by atoms with Crippen LogP contribution in [0.15, 0.2) is 18.2 Å². The van der Waals surface area contributed by atoms with E-state index in [0.29, 0.717) is 25.0 Å². The zero-order valence-electron chi connectivity index (χ0n) is 11.7. The molecule has 118 valence electrons. The van der Waals surface area contributed by atoms with Gasteiger partial charge >= 0.3 is 6.18 Å². The summed E-state index contributed by atoms with van der Waals surface area (Å²) in [6, 6.07) is 2.06. The number of aliphatic hydroxyl groups is 1. The van der Waals surface area contributed by atoms with Crippen LogP contribution in [0.25, 0.3) is 0 Å². The maximum absolute atomic E-state index is 13.2. The van der Waals surface area contributed by atoms with Crippen LogP contribution in [0.1, 0.15) is 42.6 Å². The van der Waals surface area contributed by atoms with Gasteiger partial charge in [0.05, 0.1) is 17.7 Å². The third kappa shape index (κ3) is 3.93. The van der Waals surface area contributed by atoms with Crippen molar-refractivity contribution in [2.45, 2.75) is 38.4 Å². The van der Waals surface area contributed by atoms with Crippen LogP contribution in [0.5, 0.6) is 0 Å². The van der Waals surface area contributed by atoms with Crippen molar-refractivity contribution < 1.29 is 27.5 Å². The summed E-state index contributed by atoms with van der Waals surface area (Å²) >= 11 is 0. The number of alkyl halides is 3. The zero-order chi connectivity index (χ0) is 16.3. The Kier molecular flexibility index (Phi) is 5.33. The Labute approximate surface area is 120 Å². The lowest BCUT2D eigenvalue weighted by molar-refractivity contribution is -0.140. The van der Waals surface area contributed by atoms with Crippen LogP contribution >= 0.6 is 0 Å². The summed E-state index contributed by atoms with van der Waals surface area (Å²) in [7, 11) is 0. The molecule has 0 atom stereocenters. The highest BCUT2D eigenvalue weighted by Crippen LogP contribution is 2.32. The lowest BCUT2D eigenvalue weighted by atomic mass is 9.93. The monoisotopic (exact) mass is 307 g/mol. The highest BCUT2D eigenvalue weighted by atomic mass is 19.4. The van der Waals surface area contributed by atoms with Crippen LogP contribution in [0.2, 0.25) is 0 Å². The van der Waals surface area contributed by atoms with Crippen molar-refractivity contribution in [3.8, 4) is 0 Å². The fourth-order valence-corrected chi connectivity index (χ4v) is 1.89. The van der Waals surface area contributed by atoms with Crippen molar-refractivity contribution in [2.75, 3.05) is 6.61 Å². The topological polar surface area (TPSA) is 49.3 Å². The van der Waals surface area contributed by atoms with Gasteiger partial charge in [0.15, 0.2) is 0 Å². The van der Waals surface area contributed by atoms with Gasteiger partial charge < -0.3 is 10.4 Å². The lowest BCUT2D eigenvalue weighted by Crippen LogP contribution is -2.50. The number of nitrogens with one attached hydrogen (secondary N) is 1. The maximum atomic E-state index is 13.2. The third-order valence-electron chi connectivity index (χ3n) is 3.57. The van der Waals surface area contributed by atoms with Gasteiger partial charge in [-0.1, -0.05) is 13.8 Å². The van der Waals surface area contributed by atoms with Gasteiger partial charge in [-0.25, -0.2) is 4.39 Å². The van der Waals surface area contributed by atoms with E-state index in [-0.39, 0.29) is 12.2 Å². The molecule has 0 spiro atoms. The van der Waals surface area contributed by atoms with Gasteiger partial charge in [0, 0.05) is 5.56 Å². The first kappa shape index (κ1) is 17.4. The van der Waals surface area contributed by atoms with Crippen LogP contribution in [0.4, 0.5) is 17.6 Å². The smallest absolute Gasteiger partial charge is 0.394 e. The molecule has 1 amide bonds. The first-order valence-corrected chi connectivity index (χ1v) is 6.49. The normalized spacial score (nSPS) is 12.3. The Bertz CT molecular complexity index is 502. The van der Waals surface area contributed by atoms with E-state index in [4.69, 9.17) is 0 Å². The molecule has 0 saturated heterocycles. The van der Waals surface area contributed by atoms with E-state index in [2.05, 4.69) is 5.32 Å². The number of aliphatic hydroxyl groups excluding tert-OH is 1. The van der Waals surface area contributed by atoms with Gasteiger partial charge in [0.2, 0.25) is 0 Å². The van der Waals surface area contributed by atoms with Crippen molar-refractivity contribution in [1.82, 2.24) is 5.32 Å². The number of carbonyl (C=O) groups excluding carboxylic acids is 1. The van der Waals surface area contributed by atoms with Gasteiger partial charge in [-0.3, -0.25) is 4.79 Å². The summed E-state index contributed by atoms with van der Waals surface area (Å²) < 4.78 is 51.0. The second-order valence-corrected chi connectivity index (χ2v) is 4.79. The molecular weight excluding hydrogens is 290 g/mol. The number of amides is 1. The van der Waals surface area contributed by atoms with Gasteiger partial charge in [-0.15, -0.1) is 0 Å². The van der Waals surface area contributed by atoms with Crippen molar-refractivity contribution in [3.63, 3.8) is 0 Å². The van der Waals surface area contributed by atoms with Crippen molar-refractivity contribution in [2.24, 2.45) is 0 Å². The number of hydrogen-bond donors (Lipinski definition) is 2. The SMILES string of the molecule is CCC(CC)(CO)NC(=O)c1ccc(F)c(C(F)(F)F)c1. The summed E-state index contributed by atoms with van der Waals surface area (Å²) in [6.45, 7) is 3.15. The summed E-state index contributed by atoms with van der Waals surface area (Å²) in [5.74, 6) is -2.21. The molecule has 1 rings (SSSR count). The number of hydrogen-bond acceptors (Lipinski definition) is 2. The van der Waals surface area contributed by atoms with Crippen LogP contribution in [-0.2, 0) is 6.18 Å². The minimum absolute atomic E-state index is 0.302. The van der Waals surface area contributed by atoms with Crippen molar-refractivity contribution in [3.05, 3.63) is 35.1 Å². The summed E-state index contributed by atoms with van der Waals surface area (Å²) in [4.78, 5) is 12.0. The molecule has 0 heterocycles. The third-order valence-corrected chi connectivity index (χ3v) is 3.57. The average Bonchev–Trinajstić information content (AvgIpc) is 2.44. The molecule has 1 aromatic rings. The zero-order valence-corrected chi connectivity index (χ0v) is 11.7. The number of halogens is 4. The first-order chi connectivity index (χ1) is 9.69. The summed E-state index contributed by atoms with van der Waals surface area (Å²) in [6.07, 6.45) is -4.04. The Morgan fingerprint density at radius 1 is 1.24 bits per heavy atom. The number of benzene rings is 1. The Morgan fingerprint density at radius 2 is 1.81 bits per heavy atom. The van der Waals surface area contributed by atoms with Crippen LogP contribution < -0.4 is 5.32 Å². The fraction of sp³-hybridized carbons (Fsp3) is 0.500. The molecule has 1 aromatic carbocycles. The van der Waals surface area contributed by atoms with Crippen LogP contribution in [0, 0.1) is 5.82 Å². The largest absolute Gasteiger partial charge is 0.419 e. The minimum atomic E-state index is -4.87. The molecule has 0 fully saturated rings. The molecule has 7 heteroatoms. The summed E-state index contributed by atoms with van der Waals surface area (Å²) in [5.41, 5.74) is -2.69. The molecule has 0 radical (unpaired) electrons. The Balaban J connectivity index is 3.09. The quantitative estimate of drug-likeness (QED) is 0.821. The molecule has 2 N–H and O–H groups in total. The first-order valence-electron chi connectivity index (χ1n) is 6.49. The van der Waals surface area contributed by atoms with Gasteiger partial charge in [0.1, 0.15) is 5.82 Å². The van der Waals surface area contributed by atoms with E-state index >= 15 is 0 Å². The molecule has 0 aliphatic carbocycles. The number of carbonyl (C=O) groups is 1. The van der Waals surface area contributed by atoms with E-state index in [0.717, 1.165) is 6.07 Å². The van der Waals surface area contributed by atoms with Crippen LogP contribution in [0.3, 0.4) is 0 Å². The number of rotatable bonds is 5. The van der Waals surface area contributed by atoms with E-state index < -0.39 is 29.0 Å². The van der Waals surface area contributed by atoms with Crippen molar-refractivity contribution >= 4 is 5.91 Å². The fourth-order valence-electron chi connectivity index (χ4n) is 1.89. The second kappa shape index (κ2) is 6.43. The minimum Gasteiger partial charge on any atom is -0.394 e. The lowest BCUT2D eigenvalue weighted by Gasteiger charge is -2.30. The molecule has 21 heavy (non-hydrogen) atoms. The van der Waals surface area contributed by atoms with Gasteiger partial charge in [-0.2, -0.15) is 13.2 Å². The van der Waals surface area contributed by atoms with Crippen LogP contribution in [-0.4, -0.2) is 23.2 Å². The Hall–Kier alpha value is -1.63. The molecule has 0 bridgehead atoms. The molecule has 0 unspecified atom stereocenters. The highest BCUT2D eigenvalue weighted by Gasteiger charge is 2.35. The van der Waals surface area contributed by atoms with Gasteiger partial charge in [-0.05, 0) is 31.0 Å².